The van der Waals surface area contributed by atoms with E-state index in [4.69, 9.17) is 0 Å². The van der Waals surface area contributed by atoms with Crippen LogP contribution < -0.4 is 4.90 Å². The molecule has 0 amide bonds. The molecule has 0 N–H and O–H groups in total. The average molecular weight is 398 g/mol. The molecule has 0 aromatic carbocycles. The van der Waals surface area contributed by atoms with E-state index >= 15 is 0 Å². The highest BCUT2D eigenvalue weighted by Crippen LogP contribution is 2.35. The zero-order valence-electron chi connectivity index (χ0n) is 15.7. The summed E-state index contributed by atoms with van der Waals surface area (Å²) in [7, 11) is 0. The van der Waals surface area contributed by atoms with E-state index in [1.165, 1.54) is 24.6 Å². The van der Waals surface area contributed by atoms with Crippen molar-refractivity contribution >= 4 is 23.1 Å². The highest BCUT2D eigenvalue weighted by atomic mass is 32.2. The largest absolute Gasteiger partial charge is 0.357 e. The van der Waals surface area contributed by atoms with Gasteiger partial charge in [0.1, 0.15) is 16.9 Å². The molecule has 0 atom stereocenters. The zero-order valence-corrected chi connectivity index (χ0v) is 16.5. The normalized spacial score (nSPS) is 13.7. The molecule has 6 nitrogen and oxygen atoms in total. The molecule has 4 aromatic rings. The Morgan fingerprint density at radius 2 is 1.90 bits per heavy atom. The van der Waals surface area contributed by atoms with Crippen LogP contribution in [0.15, 0.2) is 71.1 Å². The van der Waals surface area contributed by atoms with Crippen molar-refractivity contribution in [1.29, 1.82) is 5.26 Å². The first-order chi connectivity index (χ1) is 14.3. The summed E-state index contributed by atoms with van der Waals surface area (Å²) in [6.07, 6.45) is 9.70. The van der Waals surface area contributed by atoms with E-state index < -0.39 is 0 Å². The summed E-state index contributed by atoms with van der Waals surface area (Å²) in [5, 5.41) is 14.8. The van der Waals surface area contributed by atoms with Crippen LogP contribution in [-0.2, 0) is 0 Å². The van der Waals surface area contributed by atoms with Crippen molar-refractivity contribution in [1.82, 2.24) is 19.6 Å². The lowest BCUT2D eigenvalue weighted by Gasteiger charge is -2.16. The van der Waals surface area contributed by atoms with Crippen molar-refractivity contribution in [3.8, 4) is 17.2 Å². The molecule has 4 aromatic heterocycles. The Morgan fingerprint density at radius 3 is 2.62 bits per heavy atom. The number of pyridine rings is 3. The average Bonchev–Trinajstić information content (AvgIpc) is 3.45. The minimum absolute atomic E-state index is 0.553. The fraction of sp³-hybridized carbons (Fsp3) is 0.182. The van der Waals surface area contributed by atoms with E-state index in [-0.39, 0.29) is 0 Å². The zero-order chi connectivity index (χ0) is 19.6. The number of nitrogens with zero attached hydrogens (tertiary/aromatic N) is 6. The van der Waals surface area contributed by atoms with Crippen molar-refractivity contribution in [3.63, 3.8) is 0 Å². The van der Waals surface area contributed by atoms with Gasteiger partial charge in [0.15, 0.2) is 0 Å². The molecule has 0 radical (unpaired) electrons. The summed E-state index contributed by atoms with van der Waals surface area (Å²) in [5.41, 5.74) is 3.38. The van der Waals surface area contributed by atoms with E-state index in [1.54, 1.807) is 16.9 Å². The van der Waals surface area contributed by atoms with Crippen molar-refractivity contribution < 1.29 is 0 Å². The molecule has 5 rings (SSSR count). The second kappa shape index (κ2) is 7.57. The van der Waals surface area contributed by atoms with Crippen LogP contribution in [0.25, 0.3) is 16.6 Å². The van der Waals surface area contributed by atoms with Gasteiger partial charge in [-0.05, 0) is 43.2 Å². The molecule has 0 unspecified atom stereocenters. The molecule has 29 heavy (non-hydrogen) atoms. The molecule has 142 valence electrons. The van der Waals surface area contributed by atoms with Crippen LogP contribution in [-0.4, -0.2) is 32.7 Å². The van der Waals surface area contributed by atoms with E-state index in [0.29, 0.717) is 5.56 Å². The second-order valence-corrected chi connectivity index (χ2v) is 7.99. The van der Waals surface area contributed by atoms with Gasteiger partial charge >= 0.3 is 0 Å². The van der Waals surface area contributed by atoms with E-state index in [9.17, 15) is 5.26 Å². The van der Waals surface area contributed by atoms with Crippen LogP contribution in [0, 0.1) is 11.3 Å². The van der Waals surface area contributed by atoms with Crippen molar-refractivity contribution in [3.05, 3.63) is 66.7 Å². The van der Waals surface area contributed by atoms with E-state index in [2.05, 4.69) is 44.2 Å². The number of hydrogen-bond acceptors (Lipinski definition) is 6. The number of aromatic nitrogens is 4. The Balaban J connectivity index is 1.57. The Bertz CT molecular complexity index is 1190. The number of anilines is 1. The third-order valence-corrected chi connectivity index (χ3v) is 6.04. The summed E-state index contributed by atoms with van der Waals surface area (Å²) >= 11 is 1.53. The fourth-order valence-corrected chi connectivity index (χ4v) is 4.58. The van der Waals surface area contributed by atoms with Gasteiger partial charge in [-0.25, -0.2) is 14.5 Å². The standard InChI is InChI=1S/C22H18N6S/c23-12-18-14-26-28-15-17(11-19(22(18)28)29-21-5-1-2-8-24-21)16-6-7-20(25-13-16)27-9-3-4-10-27/h1-2,5-8,11,13-15H,3-4,9-10H2. The van der Waals surface area contributed by atoms with Crippen molar-refractivity contribution in [2.75, 3.05) is 18.0 Å². The molecule has 1 saturated heterocycles. The van der Waals surface area contributed by atoms with Crippen molar-refractivity contribution in [2.45, 2.75) is 22.8 Å². The molecule has 1 fully saturated rings. The topological polar surface area (TPSA) is 70.1 Å². The first kappa shape index (κ1) is 17.7. The monoisotopic (exact) mass is 398 g/mol. The third kappa shape index (κ3) is 3.43. The van der Waals surface area contributed by atoms with Gasteiger partial charge < -0.3 is 4.90 Å². The molecule has 0 spiro atoms. The SMILES string of the molecule is N#Cc1cnn2cc(-c3ccc(N4CCCC4)nc3)cc(Sc3ccccn3)c12. The van der Waals surface area contributed by atoms with Crippen LogP contribution in [0.4, 0.5) is 5.82 Å². The van der Waals surface area contributed by atoms with Crippen LogP contribution in [0.3, 0.4) is 0 Å². The van der Waals surface area contributed by atoms with Gasteiger partial charge in [-0.3, -0.25) is 0 Å². The first-order valence-corrected chi connectivity index (χ1v) is 10.4. The van der Waals surface area contributed by atoms with Gasteiger partial charge in [-0.1, -0.05) is 17.8 Å². The number of hydrogen-bond donors (Lipinski definition) is 0. The van der Waals surface area contributed by atoms with Gasteiger partial charge in [0.05, 0.1) is 17.3 Å². The molecule has 0 aliphatic carbocycles. The lowest BCUT2D eigenvalue weighted by molar-refractivity contribution is 0.936. The number of nitriles is 1. The Hall–Kier alpha value is -3.37. The summed E-state index contributed by atoms with van der Waals surface area (Å²) in [4.78, 5) is 12.4. The molecular weight excluding hydrogens is 380 g/mol. The predicted molar refractivity (Wildman–Crippen MR) is 113 cm³/mol. The predicted octanol–water partition coefficient (Wildman–Crippen LogP) is 4.41. The minimum atomic E-state index is 0.553. The van der Waals surface area contributed by atoms with Gasteiger partial charge in [0.25, 0.3) is 0 Å². The fourth-order valence-electron chi connectivity index (χ4n) is 3.61. The Labute approximate surface area is 172 Å². The van der Waals surface area contributed by atoms with Crippen LogP contribution in [0.5, 0.6) is 0 Å². The van der Waals surface area contributed by atoms with Gasteiger partial charge in [-0.2, -0.15) is 10.4 Å². The summed E-state index contributed by atoms with van der Waals surface area (Å²) < 4.78 is 1.77. The maximum absolute atomic E-state index is 9.49. The number of fused-ring (bicyclic) bond motifs is 1. The lowest BCUT2D eigenvalue weighted by atomic mass is 10.1. The summed E-state index contributed by atoms with van der Waals surface area (Å²) in [5.74, 6) is 1.03. The molecule has 5 heterocycles. The van der Waals surface area contributed by atoms with E-state index in [0.717, 1.165) is 45.5 Å². The van der Waals surface area contributed by atoms with Gasteiger partial charge in [-0.15, -0.1) is 0 Å². The van der Waals surface area contributed by atoms with Crippen LogP contribution >= 0.6 is 11.8 Å². The van der Waals surface area contributed by atoms with Gasteiger partial charge in [0.2, 0.25) is 0 Å². The van der Waals surface area contributed by atoms with Crippen LogP contribution in [0.1, 0.15) is 18.4 Å². The van der Waals surface area contributed by atoms with Gasteiger partial charge in [0, 0.05) is 47.7 Å². The lowest BCUT2D eigenvalue weighted by Crippen LogP contribution is -2.18. The minimum Gasteiger partial charge on any atom is -0.357 e. The molecule has 1 aliphatic rings. The highest BCUT2D eigenvalue weighted by molar-refractivity contribution is 7.99. The second-order valence-electron chi connectivity index (χ2n) is 6.93. The third-order valence-electron chi connectivity index (χ3n) is 5.06. The maximum atomic E-state index is 9.49. The first-order valence-electron chi connectivity index (χ1n) is 9.53. The number of rotatable bonds is 4. The Morgan fingerprint density at radius 1 is 1.00 bits per heavy atom. The summed E-state index contributed by atoms with van der Waals surface area (Å²) in [6, 6.07) is 14.3. The molecule has 0 saturated carbocycles. The smallest absolute Gasteiger partial charge is 0.128 e. The highest BCUT2D eigenvalue weighted by Gasteiger charge is 2.16. The van der Waals surface area contributed by atoms with E-state index in [1.807, 2.05) is 30.6 Å². The summed E-state index contributed by atoms with van der Waals surface area (Å²) in [6.45, 7) is 2.15. The van der Waals surface area contributed by atoms with Crippen LogP contribution in [0.2, 0.25) is 0 Å². The Kier molecular flexibility index (Phi) is 4.62. The molecule has 7 heteroatoms. The van der Waals surface area contributed by atoms with Crippen molar-refractivity contribution in [2.24, 2.45) is 0 Å². The quantitative estimate of drug-likeness (QED) is 0.507. The maximum Gasteiger partial charge on any atom is 0.128 e. The molecular formula is C22H18N6S. The molecule has 1 aliphatic heterocycles. The molecule has 0 bridgehead atoms.